The summed E-state index contributed by atoms with van der Waals surface area (Å²) in [7, 11) is 2.06. The highest BCUT2D eigenvalue weighted by Crippen LogP contribution is 2.45. The molecule has 0 spiro atoms. The van der Waals surface area contributed by atoms with Gasteiger partial charge in [0, 0.05) is 17.9 Å². The third-order valence-electron chi connectivity index (χ3n) is 4.76. The largest absolute Gasteiger partial charge is 0.339 e. The van der Waals surface area contributed by atoms with E-state index in [2.05, 4.69) is 29.4 Å². The number of hydrogen-bond donors (Lipinski definition) is 1. The van der Waals surface area contributed by atoms with Gasteiger partial charge in [-0.2, -0.15) is 4.98 Å². The van der Waals surface area contributed by atoms with Crippen molar-refractivity contribution in [1.29, 1.82) is 0 Å². The van der Waals surface area contributed by atoms with Gasteiger partial charge < -0.3 is 9.84 Å². The molecule has 1 aromatic rings. The minimum absolute atomic E-state index is 0.192. The Morgan fingerprint density at radius 2 is 2.06 bits per heavy atom. The van der Waals surface area contributed by atoms with E-state index in [1.54, 1.807) is 0 Å². The van der Waals surface area contributed by atoms with Crippen molar-refractivity contribution in [2.24, 2.45) is 5.92 Å². The van der Waals surface area contributed by atoms with Gasteiger partial charge in [0.25, 0.3) is 0 Å². The van der Waals surface area contributed by atoms with Crippen LogP contribution in [0.1, 0.15) is 63.1 Å². The van der Waals surface area contributed by atoms with E-state index in [0.29, 0.717) is 5.92 Å². The third kappa shape index (κ3) is 2.30. The van der Waals surface area contributed by atoms with E-state index in [0.717, 1.165) is 24.1 Å². The number of hydrogen-bond acceptors (Lipinski definition) is 4. The first kappa shape index (κ1) is 12.2. The van der Waals surface area contributed by atoms with Crippen LogP contribution in [0.4, 0.5) is 0 Å². The van der Waals surface area contributed by atoms with Gasteiger partial charge in [-0.25, -0.2) is 0 Å². The molecule has 2 aliphatic rings. The molecule has 0 saturated heterocycles. The smallest absolute Gasteiger partial charge is 0.228 e. The maximum absolute atomic E-state index is 5.44. The molecule has 2 atom stereocenters. The van der Waals surface area contributed by atoms with Crippen LogP contribution >= 0.6 is 0 Å². The van der Waals surface area contributed by atoms with Crippen molar-refractivity contribution in [3.63, 3.8) is 0 Å². The van der Waals surface area contributed by atoms with E-state index in [4.69, 9.17) is 4.52 Å². The summed E-state index contributed by atoms with van der Waals surface area (Å²) in [5, 5.41) is 7.65. The average molecular weight is 249 g/mol. The van der Waals surface area contributed by atoms with Crippen LogP contribution in [0, 0.1) is 5.92 Å². The highest BCUT2D eigenvalue weighted by molar-refractivity contribution is 5.08. The van der Waals surface area contributed by atoms with Gasteiger partial charge in [0.15, 0.2) is 5.82 Å². The Kier molecular flexibility index (Phi) is 3.14. The Morgan fingerprint density at radius 3 is 2.67 bits per heavy atom. The van der Waals surface area contributed by atoms with Gasteiger partial charge in [-0.05, 0) is 32.2 Å². The zero-order valence-corrected chi connectivity index (χ0v) is 11.4. The van der Waals surface area contributed by atoms with Gasteiger partial charge in [0.05, 0.1) is 0 Å². The number of nitrogens with zero attached hydrogens (tertiary/aromatic N) is 2. The van der Waals surface area contributed by atoms with Crippen molar-refractivity contribution < 1.29 is 4.52 Å². The van der Waals surface area contributed by atoms with E-state index in [9.17, 15) is 0 Å². The van der Waals surface area contributed by atoms with E-state index >= 15 is 0 Å². The first-order valence-corrected chi connectivity index (χ1v) is 7.24. The molecule has 0 aromatic carbocycles. The average Bonchev–Trinajstić information content (AvgIpc) is 2.95. The maximum Gasteiger partial charge on any atom is 0.228 e. The maximum atomic E-state index is 5.44. The fourth-order valence-electron chi connectivity index (χ4n) is 3.21. The van der Waals surface area contributed by atoms with Crippen LogP contribution in [-0.2, 0) is 6.42 Å². The van der Waals surface area contributed by atoms with Crippen LogP contribution < -0.4 is 5.32 Å². The number of rotatable bonds is 4. The molecule has 4 heteroatoms. The standard InChI is InChI=1S/C14H23N3O/c1-10-8-11(10)13-16-12(18-17-13)9-14(15-2)6-4-3-5-7-14/h10-11,15H,3-9H2,1-2H3. The molecule has 100 valence electrons. The summed E-state index contributed by atoms with van der Waals surface area (Å²) in [5.74, 6) is 3.04. The highest BCUT2D eigenvalue weighted by atomic mass is 16.5. The monoisotopic (exact) mass is 249 g/mol. The lowest BCUT2D eigenvalue weighted by Gasteiger charge is -2.36. The van der Waals surface area contributed by atoms with Crippen molar-refractivity contribution in [3.8, 4) is 0 Å². The van der Waals surface area contributed by atoms with Gasteiger partial charge in [0.1, 0.15) is 0 Å². The van der Waals surface area contributed by atoms with Crippen molar-refractivity contribution in [3.05, 3.63) is 11.7 Å². The molecule has 0 amide bonds. The zero-order chi connectivity index (χ0) is 12.6. The van der Waals surface area contributed by atoms with Crippen molar-refractivity contribution in [2.45, 2.75) is 63.3 Å². The fraction of sp³-hybridized carbons (Fsp3) is 0.857. The molecule has 0 radical (unpaired) electrons. The summed E-state index contributed by atoms with van der Waals surface area (Å²) in [6, 6.07) is 0. The molecule has 3 rings (SSSR count). The lowest BCUT2D eigenvalue weighted by atomic mass is 9.79. The van der Waals surface area contributed by atoms with Crippen LogP contribution in [0.3, 0.4) is 0 Å². The molecular weight excluding hydrogens is 226 g/mol. The zero-order valence-electron chi connectivity index (χ0n) is 11.4. The lowest BCUT2D eigenvalue weighted by molar-refractivity contribution is 0.221. The topological polar surface area (TPSA) is 51.0 Å². The minimum atomic E-state index is 0.192. The number of nitrogens with one attached hydrogen (secondary N) is 1. The lowest BCUT2D eigenvalue weighted by Crippen LogP contribution is -2.46. The van der Waals surface area contributed by atoms with Gasteiger partial charge in [-0.1, -0.05) is 31.3 Å². The molecule has 2 saturated carbocycles. The summed E-state index contributed by atoms with van der Waals surface area (Å²) in [6.07, 6.45) is 8.52. The number of likely N-dealkylation sites (N-methyl/N-ethyl adjacent to an activating group) is 1. The third-order valence-corrected chi connectivity index (χ3v) is 4.76. The van der Waals surface area contributed by atoms with Crippen molar-refractivity contribution in [2.75, 3.05) is 7.05 Å². The second kappa shape index (κ2) is 4.65. The molecule has 2 unspecified atom stereocenters. The van der Waals surface area contributed by atoms with Crippen molar-refractivity contribution in [1.82, 2.24) is 15.5 Å². The molecular formula is C14H23N3O. The fourth-order valence-corrected chi connectivity index (χ4v) is 3.21. The molecule has 2 fully saturated rings. The molecule has 1 aromatic heterocycles. The first-order valence-electron chi connectivity index (χ1n) is 7.24. The summed E-state index contributed by atoms with van der Waals surface area (Å²) >= 11 is 0. The molecule has 18 heavy (non-hydrogen) atoms. The summed E-state index contributed by atoms with van der Waals surface area (Å²) in [5.41, 5.74) is 0.192. The quantitative estimate of drug-likeness (QED) is 0.891. The second-order valence-electron chi connectivity index (χ2n) is 6.13. The molecule has 2 aliphatic carbocycles. The molecule has 1 N–H and O–H groups in total. The van der Waals surface area contributed by atoms with Crippen LogP contribution in [0.2, 0.25) is 0 Å². The van der Waals surface area contributed by atoms with E-state index in [-0.39, 0.29) is 5.54 Å². The van der Waals surface area contributed by atoms with Gasteiger partial charge in [-0.3, -0.25) is 0 Å². The van der Waals surface area contributed by atoms with E-state index in [1.165, 1.54) is 38.5 Å². The summed E-state index contributed by atoms with van der Waals surface area (Å²) in [6.45, 7) is 2.25. The molecule has 0 bridgehead atoms. The normalized spacial score (nSPS) is 30.3. The SMILES string of the molecule is CNC1(Cc2nc(C3CC3C)no2)CCCCC1. The summed E-state index contributed by atoms with van der Waals surface area (Å²) < 4.78 is 5.44. The van der Waals surface area contributed by atoms with E-state index < -0.39 is 0 Å². The Labute approximate surface area is 109 Å². The Balaban J connectivity index is 1.68. The van der Waals surface area contributed by atoms with Gasteiger partial charge >= 0.3 is 0 Å². The van der Waals surface area contributed by atoms with Gasteiger partial charge in [0.2, 0.25) is 5.89 Å². The van der Waals surface area contributed by atoms with Crippen LogP contribution in [0.15, 0.2) is 4.52 Å². The van der Waals surface area contributed by atoms with Crippen LogP contribution in [-0.4, -0.2) is 22.7 Å². The number of aromatic nitrogens is 2. The summed E-state index contributed by atoms with van der Waals surface area (Å²) in [4.78, 5) is 4.59. The Bertz CT molecular complexity index is 409. The van der Waals surface area contributed by atoms with Crippen LogP contribution in [0.25, 0.3) is 0 Å². The molecule has 0 aliphatic heterocycles. The Morgan fingerprint density at radius 1 is 1.33 bits per heavy atom. The minimum Gasteiger partial charge on any atom is -0.339 e. The second-order valence-corrected chi connectivity index (χ2v) is 6.13. The van der Waals surface area contributed by atoms with Crippen molar-refractivity contribution >= 4 is 0 Å². The predicted molar refractivity (Wildman–Crippen MR) is 69.4 cm³/mol. The predicted octanol–water partition coefficient (Wildman–Crippen LogP) is 2.66. The van der Waals surface area contributed by atoms with E-state index in [1.807, 2.05) is 0 Å². The Hall–Kier alpha value is -0.900. The first-order chi connectivity index (χ1) is 8.72. The van der Waals surface area contributed by atoms with Gasteiger partial charge in [-0.15, -0.1) is 0 Å². The molecule has 1 heterocycles. The van der Waals surface area contributed by atoms with Crippen LogP contribution in [0.5, 0.6) is 0 Å². The molecule has 4 nitrogen and oxygen atoms in total. The highest BCUT2D eigenvalue weighted by Gasteiger charge is 2.39.